The molecule has 1 aromatic carbocycles. The number of rotatable bonds is 2. The number of benzene rings is 1. The van der Waals surface area contributed by atoms with Gasteiger partial charge in [-0.05, 0) is 12.1 Å². The van der Waals surface area contributed by atoms with Crippen molar-refractivity contribution < 1.29 is 15.0 Å². The van der Waals surface area contributed by atoms with Crippen LogP contribution in [0.25, 0.3) is 11.0 Å². The minimum absolute atomic E-state index is 0.0500. The van der Waals surface area contributed by atoms with E-state index in [1.54, 1.807) is 6.07 Å². The number of carboxylic acid groups (broad SMARTS) is 1. The number of hydrogen-bond donors (Lipinski definition) is 3. The lowest BCUT2D eigenvalue weighted by Gasteiger charge is -2.01. The van der Waals surface area contributed by atoms with E-state index in [-0.39, 0.29) is 18.2 Å². The van der Waals surface area contributed by atoms with Crippen LogP contribution >= 0.6 is 0 Å². The van der Waals surface area contributed by atoms with Crippen LogP contribution in [-0.2, 0) is 11.3 Å². The van der Waals surface area contributed by atoms with E-state index in [9.17, 15) is 9.90 Å². The van der Waals surface area contributed by atoms with Crippen LogP contribution in [0.1, 0.15) is 0 Å². The highest BCUT2D eigenvalue weighted by atomic mass is 16.4. The lowest BCUT2D eigenvalue weighted by atomic mass is 10.3. The summed E-state index contributed by atoms with van der Waals surface area (Å²) in [6.45, 7) is -0.272. The van der Waals surface area contributed by atoms with Gasteiger partial charge in [0.05, 0.1) is 11.0 Å². The number of carboxylic acids is 1. The van der Waals surface area contributed by atoms with Crippen LogP contribution in [-0.4, -0.2) is 25.7 Å². The van der Waals surface area contributed by atoms with Crippen LogP contribution in [0.2, 0.25) is 0 Å². The summed E-state index contributed by atoms with van der Waals surface area (Å²) in [5, 5.41) is 17.9. The number of nitrogen functional groups attached to an aromatic ring is 1. The van der Waals surface area contributed by atoms with E-state index < -0.39 is 5.97 Å². The molecule has 0 bridgehead atoms. The van der Waals surface area contributed by atoms with Gasteiger partial charge in [0, 0.05) is 6.07 Å². The summed E-state index contributed by atoms with van der Waals surface area (Å²) >= 11 is 0. The summed E-state index contributed by atoms with van der Waals surface area (Å²) in [5.41, 5.74) is 6.63. The van der Waals surface area contributed by atoms with E-state index in [1.807, 2.05) is 0 Å². The van der Waals surface area contributed by atoms with Gasteiger partial charge >= 0.3 is 5.97 Å². The van der Waals surface area contributed by atoms with Crippen molar-refractivity contribution in [3.63, 3.8) is 0 Å². The molecular formula is C9H9N3O3. The molecule has 15 heavy (non-hydrogen) atoms. The highest BCUT2D eigenvalue weighted by molar-refractivity contribution is 5.81. The minimum atomic E-state index is -1.01. The van der Waals surface area contributed by atoms with Gasteiger partial charge in [-0.25, -0.2) is 4.98 Å². The quantitative estimate of drug-likeness (QED) is 0.662. The molecule has 78 valence electrons. The Labute approximate surface area is 84.6 Å². The molecule has 6 nitrogen and oxygen atoms in total. The van der Waals surface area contributed by atoms with Crippen LogP contribution < -0.4 is 5.73 Å². The van der Waals surface area contributed by atoms with Crippen LogP contribution in [0, 0.1) is 0 Å². The minimum Gasteiger partial charge on any atom is -0.508 e. The van der Waals surface area contributed by atoms with Gasteiger partial charge < -0.3 is 15.9 Å². The highest BCUT2D eigenvalue weighted by Gasteiger charge is 2.10. The Morgan fingerprint density at radius 2 is 2.27 bits per heavy atom. The van der Waals surface area contributed by atoms with Crippen LogP contribution in [0.4, 0.5) is 5.95 Å². The van der Waals surface area contributed by atoms with Gasteiger partial charge in [-0.3, -0.25) is 9.36 Å². The zero-order chi connectivity index (χ0) is 11.0. The summed E-state index contributed by atoms with van der Waals surface area (Å²) in [6.07, 6.45) is 0. The largest absolute Gasteiger partial charge is 0.508 e. The van der Waals surface area contributed by atoms with E-state index in [0.29, 0.717) is 11.0 Å². The second-order valence-corrected chi connectivity index (χ2v) is 3.12. The van der Waals surface area contributed by atoms with Crippen molar-refractivity contribution in [3.05, 3.63) is 18.2 Å². The molecule has 0 aliphatic heterocycles. The number of carbonyl (C=O) groups is 1. The number of hydrogen-bond acceptors (Lipinski definition) is 4. The third-order valence-electron chi connectivity index (χ3n) is 2.05. The molecule has 0 aliphatic carbocycles. The molecule has 2 rings (SSSR count). The number of phenols is 1. The molecule has 0 aliphatic rings. The average molecular weight is 207 g/mol. The molecule has 0 radical (unpaired) electrons. The molecular weight excluding hydrogens is 198 g/mol. The number of fused-ring (bicyclic) bond motifs is 1. The smallest absolute Gasteiger partial charge is 0.323 e. The first kappa shape index (κ1) is 9.32. The number of nitrogens with two attached hydrogens (primary N) is 1. The Bertz CT molecular complexity index is 533. The first-order valence-corrected chi connectivity index (χ1v) is 4.24. The van der Waals surface area contributed by atoms with Crippen molar-refractivity contribution in [3.8, 4) is 5.75 Å². The van der Waals surface area contributed by atoms with Gasteiger partial charge in [0.2, 0.25) is 5.95 Å². The fourth-order valence-electron chi connectivity index (χ4n) is 1.43. The lowest BCUT2D eigenvalue weighted by Crippen LogP contribution is -2.11. The van der Waals surface area contributed by atoms with Crippen LogP contribution in [0.15, 0.2) is 18.2 Å². The molecule has 2 aromatic rings. The summed E-state index contributed by atoms with van der Waals surface area (Å²) in [7, 11) is 0. The zero-order valence-corrected chi connectivity index (χ0v) is 7.71. The second-order valence-electron chi connectivity index (χ2n) is 3.12. The number of aromatic hydroxyl groups is 1. The van der Waals surface area contributed by atoms with Crippen molar-refractivity contribution in [2.45, 2.75) is 6.54 Å². The summed E-state index contributed by atoms with van der Waals surface area (Å²) < 4.78 is 1.33. The van der Waals surface area contributed by atoms with Gasteiger partial charge in [-0.1, -0.05) is 0 Å². The van der Waals surface area contributed by atoms with E-state index in [0.717, 1.165) is 0 Å². The predicted octanol–water partition coefficient (Wildman–Crippen LogP) is 0.409. The number of phenolic OH excluding ortho intramolecular Hbond substituents is 1. The molecule has 0 saturated carbocycles. The first-order valence-electron chi connectivity index (χ1n) is 4.24. The molecule has 1 aromatic heterocycles. The molecule has 0 fully saturated rings. The van der Waals surface area contributed by atoms with Gasteiger partial charge in [0.25, 0.3) is 0 Å². The molecule has 1 heterocycles. The van der Waals surface area contributed by atoms with Crippen LogP contribution in [0.5, 0.6) is 5.75 Å². The van der Waals surface area contributed by atoms with Crippen molar-refractivity contribution in [2.75, 3.05) is 5.73 Å². The molecule has 0 amide bonds. The van der Waals surface area contributed by atoms with Gasteiger partial charge in [0.1, 0.15) is 12.3 Å². The van der Waals surface area contributed by atoms with Crippen LogP contribution in [0.3, 0.4) is 0 Å². The highest BCUT2D eigenvalue weighted by Crippen LogP contribution is 2.21. The molecule has 4 N–H and O–H groups in total. The van der Waals surface area contributed by atoms with E-state index >= 15 is 0 Å². The van der Waals surface area contributed by atoms with Crippen molar-refractivity contribution in [1.29, 1.82) is 0 Å². The maximum Gasteiger partial charge on any atom is 0.323 e. The topological polar surface area (TPSA) is 101 Å². The third-order valence-corrected chi connectivity index (χ3v) is 2.05. The fraction of sp³-hybridized carbons (Fsp3) is 0.111. The number of anilines is 1. The molecule has 0 unspecified atom stereocenters. The maximum atomic E-state index is 10.6. The Kier molecular flexibility index (Phi) is 1.96. The van der Waals surface area contributed by atoms with Gasteiger partial charge in [-0.2, -0.15) is 0 Å². The molecule has 0 saturated heterocycles. The Balaban J connectivity index is 2.65. The summed E-state index contributed by atoms with van der Waals surface area (Å²) in [5.74, 6) is -0.837. The molecule has 6 heteroatoms. The maximum absolute atomic E-state index is 10.6. The van der Waals surface area contributed by atoms with Crippen molar-refractivity contribution in [1.82, 2.24) is 9.55 Å². The van der Waals surface area contributed by atoms with Crippen molar-refractivity contribution >= 4 is 23.0 Å². The van der Waals surface area contributed by atoms with Gasteiger partial charge in [0.15, 0.2) is 0 Å². The summed E-state index contributed by atoms with van der Waals surface area (Å²) in [6, 6.07) is 4.49. The first-order chi connectivity index (χ1) is 7.08. The lowest BCUT2D eigenvalue weighted by molar-refractivity contribution is -0.137. The zero-order valence-electron chi connectivity index (χ0n) is 7.71. The number of imidazole rings is 1. The Morgan fingerprint density at radius 1 is 1.53 bits per heavy atom. The number of nitrogens with zero attached hydrogens (tertiary/aromatic N) is 2. The third kappa shape index (κ3) is 1.56. The standard InChI is InChI=1S/C9H9N3O3/c10-9-11-6-2-1-5(13)3-7(6)12(9)4-8(14)15/h1-3,13H,4H2,(H2,10,11)(H,14,15). The number of aromatic nitrogens is 2. The van der Waals surface area contributed by atoms with Crippen molar-refractivity contribution in [2.24, 2.45) is 0 Å². The normalized spacial score (nSPS) is 10.7. The monoisotopic (exact) mass is 207 g/mol. The average Bonchev–Trinajstić information content (AvgIpc) is 2.43. The van der Waals surface area contributed by atoms with E-state index in [1.165, 1.54) is 16.7 Å². The van der Waals surface area contributed by atoms with E-state index in [2.05, 4.69) is 4.98 Å². The van der Waals surface area contributed by atoms with Gasteiger partial charge in [-0.15, -0.1) is 0 Å². The molecule has 0 spiro atoms. The predicted molar refractivity (Wildman–Crippen MR) is 53.4 cm³/mol. The molecule has 0 atom stereocenters. The Hall–Kier alpha value is -2.24. The second kappa shape index (κ2) is 3.16. The summed E-state index contributed by atoms with van der Waals surface area (Å²) in [4.78, 5) is 14.6. The Morgan fingerprint density at radius 3 is 2.93 bits per heavy atom. The number of aliphatic carboxylic acids is 1. The SMILES string of the molecule is Nc1nc2ccc(O)cc2n1CC(=O)O. The fourth-order valence-corrected chi connectivity index (χ4v) is 1.43. The van der Waals surface area contributed by atoms with E-state index in [4.69, 9.17) is 10.8 Å².